The third kappa shape index (κ3) is 4.87. The molecule has 0 saturated heterocycles. The molecule has 19 heavy (non-hydrogen) atoms. The zero-order chi connectivity index (χ0) is 14.5. The SMILES string of the molecule is CCCC(N)C(CC)Oc1cccc(C(C)(C)C)c1. The van der Waals surface area contributed by atoms with Gasteiger partial charge in [0.05, 0.1) is 0 Å². The van der Waals surface area contributed by atoms with Gasteiger partial charge in [0, 0.05) is 6.04 Å². The van der Waals surface area contributed by atoms with Gasteiger partial charge in [-0.15, -0.1) is 0 Å². The molecule has 0 fully saturated rings. The van der Waals surface area contributed by atoms with Crippen LogP contribution in [-0.4, -0.2) is 12.1 Å². The molecule has 2 N–H and O–H groups in total. The van der Waals surface area contributed by atoms with Crippen LogP contribution in [0, 0.1) is 0 Å². The average Bonchev–Trinajstić information content (AvgIpc) is 2.35. The molecule has 0 radical (unpaired) electrons. The van der Waals surface area contributed by atoms with E-state index in [0.717, 1.165) is 25.0 Å². The third-order valence-electron chi connectivity index (χ3n) is 3.49. The zero-order valence-corrected chi connectivity index (χ0v) is 13.1. The van der Waals surface area contributed by atoms with Gasteiger partial charge in [-0.1, -0.05) is 53.2 Å². The van der Waals surface area contributed by atoms with E-state index in [1.165, 1.54) is 5.56 Å². The van der Waals surface area contributed by atoms with E-state index in [9.17, 15) is 0 Å². The van der Waals surface area contributed by atoms with Crippen LogP contribution in [-0.2, 0) is 5.41 Å². The molecule has 1 aromatic carbocycles. The molecule has 0 aromatic heterocycles. The first-order valence-electron chi connectivity index (χ1n) is 7.41. The number of nitrogens with two attached hydrogens (primary N) is 1. The first kappa shape index (κ1) is 16.0. The minimum absolute atomic E-state index is 0.107. The highest BCUT2D eigenvalue weighted by molar-refractivity contribution is 5.32. The molecule has 0 amide bonds. The maximum atomic E-state index is 6.19. The Labute approximate surface area is 118 Å². The number of ether oxygens (including phenoxy) is 1. The van der Waals surface area contributed by atoms with Gasteiger partial charge in [-0.3, -0.25) is 0 Å². The number of hydrogen-bond acceptors (Lipinski definition) is 2. The van der Waals surface area contributed by atoms with E-state index in [2.05, 4.69) is 52.8 Å². The topological polar surface area (TPSA) is 35.2 Å². The van der Waals surface area contributed by atoms with Crippen LogP contribution < -0.4 is 10.5 Å². The Morgan fingerprint density at radius 3 is 2.42 bits per heavy atom. The lowest BCUT2D eigenvalue weighted by Crippen LogP contribution is -2.38. The predicted molar refractivity (Wildman–Crippen MR) is 82.7 cm³/mol. The molecule has 0 saturated carbocycles. The van der Waals surface area contributed by atoms with E-state index in [1.807, 2.05) is 6.07 Å². The van der Waals surface area contributed by atoms with Gasteiger partial charge >= 0.3 is 0 Å². The molecular weight excluding hydrogens is 234 g/mol. The highest BCUT2D eigenvalue weighted by Gasteiger charge is 2.18. The smallest absolute Gasteiger partial charge is 0.120 e. The van der Waals surface area contributed by atoms with Crippen LogP contribution in [0.3, 0.4) is 0 Å². The fourth-order valence-electron chi connectivity index (χ4n) is 2.20. The molecule has 0 spiro atoms. The van der Waals surface area contributed by atoms with E-state index in [4.69, 9.17) is 10.5 Å². The van der Waals surface area contributed by atoms with Crippen LogP contribution >= 0.6 is 0 Å². The lowest BCUT2D eigenvalue weighted by molar-refractivity contribution is 0.161. The van der Waals surface area contributed by atoms with Crippen molar-refractivity contribution >= 4 is 0 Å². The molecular formula is C17H29NO. The molecule has 0 aliphatic rings. The van der Waals surface area contributed by atoms with Crippen molar-refractivity contribution in [2.24, 2.45) is 5.73 Å². The summed E-state index contributed by atoms with van der Waals surface area (Å²) in [6.45, 7) is 10.9. The number of benzene rings is 1. The van der Waals surface area contributed by atoms with Crippen molar-refractivity contribution in [3.8, 4) is 5.75 Å². The van der Waals surface area contributed by atoms with Crippen molar-refractivity contribution in [1.82, 2.24) is 0 Å². The van der Waals surface area contributed by atoms with E-state index >= 15 is 0 Å². The average molecular weight is 263 g/mol. The summed E-state index contributed by atoms with van der Waals surface area (Å²) in [7, 11) is 0. The number of rotatable bonds is 6. The molecule has 0 bridgehead atoms. The second-order valence-electron chi connectivity index (χ2n) is 6.29. The van der Waals surface area contributed by atoms with Gasteiger partial charge in [-0.2, -0.15) is 0 Å². The summed E-state index contributed by atoms with van der Waals surface area (Å²) in [6, 6.07) is 8.50. The van der Waals surface area contributed by atoms with Crippen molar-refractivity contribution in [2.45, 2.75) is 71.4 Å². The Bertz CT molecular complexity index is 381. The normalized spacial score (nSPS) is 15.1. The van der Waals surface area contributed by atoms with Crippen molar-refractivity contribution in [3.05, 3.63) is 29.8 Å². The maximum Gasteiger partial charge on any atom is 0.120 e. The highest BCUT2D eigenvalue weighted by atomic mass is 16.5. The maximum absolute atomic E-state index is 6.19. The van der Waals surface area contributed by atoms with E-state index in [0.29, 0.717) is 0 Å². The molecule has 2 nitrogen and oxygen atoms in total. The summed E-state index contributed by atoms with van der Waals surface area (Å²) in [5.74, 6) is 0.936. The molecule has 1 rings (SSSR count). The first-order valence-corrected chi connectivity index (χ1v) is 7.41. The molecule has 108 valence electrons. The van der Waals surface area contributed by atoms with Gasteiger partial charge in [-0.05, 0) is 36.0 Å². The predicted octanol–water partition coefficient (Wildman–Crippen LogP) is 4.27. The van der Waals surface area contributed by atoms with Gasteiger partial charge < -0.3 is 10.5 Å². The molecule has 0 aliphatic heterocycles. The molecule has 0 heterocycles. The largest absolute Gasteiger partial charge is 0.489 e. The Balaban J connectivity index is 2.80. The molecule has 2 unspecified atom stereocenters. The fourth-order valence-corrected chi connectivity index (χ4v) is 2.20. The zero-order valence-electron chi connectivity index (χ0n) is 13.1. The van der Waals surface area contributed by atoms with Crippen LogP contribution in [0.25, 0.3) is 0 Å². The summed E-state index contributed by atoms with van der Waals surface area (Å²) in [4.78, 5) is 0. The van der Waals surface area contributed by atoms with Gasteiger partial charge in [0.25, 0.3) is 0 Å². The van der Waals surface area contributed by atoms with Crippen molar-refractivity contribution in [1.29, 1.82) is 0 Å². The van der Waals surface area contributed by atoms with Crippen LogP contribution in [0.1, 0.15) is 59.4 Å². The van der Waals surface area contributed by atoms with Crippen molar-refractivity contribution in [3.63, 3.8) is 0 Å². The van der Waals surface area contributed by atoms with Crippen LogP contribution in [0.5, 0.6) is 5.75 Å². The van der Waals surface area contributed by atoms with Crippen molar-refractivity contribution in [2.75, 3.05) is 0 Å². The summed E-state index contributed by atoms with van der Waals surface area (Å²) in [5.41, 5.74) is 7.63. The summed E-state index contributed by atoms with van der Waals surface area (Å²) in [5, 5.41) is 0. The van der Waals surface area contributed by atoms with Gasteiger partial charge in [0.15, 0.2) is 0 Å². The second-order valence-corrected chi connectivity index (χ2v) is 6.29. The Hall–Kier alpha value is -1.02. The van der Waals surface area contributed by atoms with Crippen molar-refractivity contribution < 1.29 is 4.74 Å². The lowest BCUT2D eigenvalue weighted by atomic mass is 9.87. The molecule has 2 heteroatoms. The lowest BCUT2D eigenvalue weighted by Gasteiger charge is -2.25. The minimum atomic E-state index is 0.107. The van der Waals surface area contributed by atoms with Crippen LogP contribution in [0.15, 0.2) is 24.3 Å². The van der Waals surface area contributed by atoms with Gasteiger partial charge in [0.1, 0.15) is 11.9 Å². The van der Waals surface area contributed by atoms with E-state index in [-0.39, 0.29) is 17.6 Å². The molecule has 1 aromatic rings. The second kappa shape index (κ2) is 6.95. The summed E-state index contributed by atoms with van der Waals surface area (Å²) in [6.07, 6.45) is 3.16. The highest BCUT2D eigenvalue weighted by Crippen LogP contribution is 2.26. The first-order chi connectivity index (χ1) is 8.88. The Kier molecular flexibility index (Phi) is 5.86. The van der Waals surface area contributed by atoms with Crippen LogP contribution in [0.2, 0.25) is 0 Å². The molecule has 0 aliphatic carbocycles. The fraction of sp³-hybridized carbons (Fsp3) is 0.647. The van der Waals surface area contributed by atoms with Crippen LogP contribution in [0.4, 0.5) is 0 Å². The quantitative estimate of drug-likeness (QED) is 0.832. The summed E-state index contributed by atoms with van der Waals surface area (Å²) < 4.78 is 6.09. The number of hydrogen-bond donors (Lipinski definition) is 1. The third-order valence-corrected chi connectivity index (χ3v) is 3.49. The minimum Gasteiger partial charge on any atom is -0.489 e. The van der Waals surface area contributed by atoms with E-state index in [1.54, 1.807) is 0 Å². The van der Waals surface area contributed by atoms with Gasteiger partial charge in [-0.25, -0.2) is 0 Å². The summed E-state index contributed by atoms with van der Waals surface area (Å²) >= 11 is 0. The molecule has 2 atom stereocenters. The standard InChI is InChI=1S/C17H29NO/c1-6-9-15(18)16(7-2)19-14-11-8-10-13(12-14)17(3,4)5/h8,10-12,15-16H,6-7,9,18H2,1-5H3. The Morgan fingerprint density at radius 1 is 1.21 bits per heavy atom. The Morgan fingerprint density at radius 2 is 1.89 bits per heavy atom. The van der Waals surface area contributed by atoms with Gasteiger partial charge in [0.2, 0.25) is 0 Å². The monoisotopic (exact) mass is 263 g/mol. The van der Waals surface area contributed by atoms with E-state index < -0.39 is 0 Å².